The highest BCUT2D eigenvalue weighted by molar-refractivity contribution is 5.81. The highest BCUT2D eigenvalue weighted by Gasteiger charge is 2.26. The first kappa shape index (κ1) is 21.4. The molecule has 0 saturated heterocycles. The van der Waals surface area contributed by atoms with E-state index >= 15 is 0 Å². The maximum absolute atomic E-state index is 13.6. The van der Waals surface area contributed by atoms with Crippen molar-refractivity contribution < 1.29 is 5.11 Å². The Bertz CT molecular complexity index is 1610. The summed E-state index contributed by atoms with van der Waals surface area (Å²) in [4.78, 5) is 31.8. The zero-order chi connectivity index (χ0) is 24.1. The molecule has 0 bridgehead atoms. The molecule has 35 heavy (non-hydrogen) atoms. The monoisotopic (exact) mass is 467 g/mol. The smallest absolute Gasteiger partial charge is 0.267 e. The van der Waals surface area contributed by atoms with Crippen LogP contribution in [-0.2, 0) is 0 Å². The molecule has 1 saturated carbocycles. The fraction of sp³-hybridized carbons (Fsp3) is 0.269. The average molecular weight is 468 g/mol. The molecule has 0 amide bonds. The summed E-state index contributed by atoms with van der Waals surface area (Å²) in [5.74, 6) is 1.64. The molecule has 4 heterocycles. The summed E-state index contributed by atoms with van der Waals surface area (Å²) in [5.41, 5.74) is 4.08. The second-order valence-corrected chi connectivity index (χ2v) is 9.13. The van der Waals surface area contributed by atoms with E-state index in [1.54, 1.807) is 12.3 Å². The Morgan fingerprint density at radius 3 is 2.80 bits per heavy atom. The van der Waals surface area contributed by atoms with Crippen LogP contribution in [0.15, 0.2) is 66.4 Å². The van der Waals surface area contributed by atoms with Gasteiger partial charge in [0.2, 0.25) is 0 Å². The number of benzene rings is 1. The second-order valence-electron chi connectivity index (χ2n) is 9.13. The number of hydrogen-bond acceptors (Lipinski definition) is 6. The topological polar surface area (TPSA) is 104 Å². The first-order valence-corrected chi connectivity index (χ1v) is 11.7. The van der Waals surface area contributed by atoms with Gasteiger partial charge in [-0.3, -0.25) is 9.36 Å². The third-order valence-corrected chi connectivity index (χ3v) is 6.57. The number of hydrogen-bond donors (Lipinski definition) is 1. The lowest BCUT2D eigenvalue weighted by Gasteiger charge is -2.14. The van der Waals surface area contributed by atoms with Gasteiger partial charge in [0.25, 0.3) is 5.56 Å². The molecule has 0 radical (unpaired) electrons. The molecule has 9 heteroatoms. The van der Waals surface area contributed by atoms with E-state index in [1.807, 2.05) is 59.8 Å². The highest BCUT2D eigenvalue weighted by atomic mass is 16.3. The van der Waals surface area contributed by atoms with Crippen molar-refractivity contribution in [3.63, 3.8) is 0 Å². The molecule has 1 unspecified atom stereocenters. The predicted molar refractivity (Wildman–Crippen MR) is 132 cm³/mol. The van der Waals surface area contributed by atoms with E-state index in [0.29, 0.717) is 34.2 Å². The van der Waals surface area contributed by atoms with Gasteiger partial charge in [-0.25, -0.2) is 19.9 Å². The Kier molecular flexibility index (Phi) is 5.07. The molecule has 0 aliphatic heterocycles. The first-order chi connectivity index (χ1) is 17.0. The number of aryl methyl sites for hydroxylation is 1. The lowest BCUT2D eigenvalue weighted by atomic mass is 10.1. The van der Waals surface area contributed by atoms with Crippen molar-refractivity contribution in [1.29, 1.82) is 0 Å². The number of aliphatic hydroxyl groups is 1. The fourth-order valence-electron chi connectivity index (χ4n) is 4.40. The van der Waals surface area contributed by atoms with Crippen LogP contribution in [0.2, 0.25) is 0 Å². The van der Waals surface area contributed by atoms with Gasteiger partial charge in [0.1, 0.15) is 17.8 Å². The molecule has 176 valence electrons. The summed E-state index contributed by atoms with van der Waals surface area (Å²) < 4.78 is 5.31. The number of imidazole rings is 2. The SMILES string of the molecule is Cc1cc2ncn(-c3cccc(-c4nccn4C(C)CO)n3)c(=O)c2cc1-n1cnc(C2CC2)c1. The van der Waals surface area contributed by atoms with Crippen molar-refractivity contribution in [1.82, 2.24) is 33.6 Å². The minimum atomic E-state index is -0.199. The zero-order valence-electron chi connectivity index (χ0n) is 19.5. The predicted octanol–water partition coefficient (Wildman–Crippen LogP) is 3.57. The van der Waals surface area contributed by atoms with E-state index in [1.165, 1.54) is 23.7 Å². The van der Waals surface area contributed by atoms with Crippen LogP contribution >= 0.6 is 0 Å². The van der Waals surface area contributed by atoms with Crippen LogP contribution < -0.4 is 5.56 Å². The zero-order valence-corrected chi connectivity index (χ0v) is 19.5. The standard InChI is InChI=1S/C26H25N7O2/c1-16-10-21-19(11-23(16)31-12-22(28-14-31)18-6-7-18)26(35)33(15-29-21)24-5-3-4-20(30-24)25-27-8-9-32(25)17(2)13-34/h3-5,8-12,14-15,17-18,34H,6-7,13H2,1-2H3. The first-order valence-electron chi connectivity index (χ1n) is 11.7. The summed E-state index contributed by atoms with van der Waals surface area (Å²) in [6.07, 6.45) is 11.2. The molecular formula is C26H25N7O2. The molecule has 4 aromatic heterocycles. The van der Waals surface area contributed by atoms with Crippen molar-refractivity contribution in [2.45, 2.75) is 38.6 Å². The summed E-state index contributed by atoms with van der Waals surface area (Å²) in [7, 11) is 0. The van der Waals surface area contributed by atoms with Gasteiger partial charge in [-0.15, -0.1) is 0 Å². The number of fused-ring (bicyclic) bond motifs is 1. The summed E-state index contributed by atoms with van der Waals surface area (Å²) in [6, 6.07) is 9.12. The molecular weight excluding hydrogens is 442 g/mol. The quantitative estimate of drug-likeness (QED) is 0.410. The summed E-state index contributed by atoms with van der Waals surface area (Å²) in [6.45, 7) is 3.90. The van der Waals surface area contributed by atoms with Crippen molar-refractivity contribution >= 4 is 10.9 Å². The van der Waals surface area contributed by atoms with E-state index in [4.69, 9.17) is 4.98 Å². The lowest BCUT2D eigenvalue weighted by molar-refractivity contribution is 0.239. The Morgan fingerprint density at radius 2 is 2.00 bits per heavy atom. The maximum Gasteiger partial charge on any atom is 0.267 e. The molecule has 0 spiro atoms. The highest BCUT2D eigenvalue weighted by Crippen LogP contribution is 2.39. The Balaban J connectivity index is 1.44. The van der Waals surface area contributed by atoms with Crippen molar-refractivity contribution in [3.8, 4) is 23.0 Å². The second kappa shape index (κ2) is 8.28. The van der Waals surface area contributed by atoms with Crippen LogP contribution in [0.25, 0.3) is 33.9 Å². The van der Waals surface area contributed by atoms with E-state index in [9.17, 15) is 9.90 Å². The van der Waals surface area contributed by atoms with Gasteiger partial charge in [-0.1, -0.05) is 6.07 Å². The van der Waals surface area contributed by atoms with Gasteiger partial charge in [-0.05, 0) is 56.5 Å². The number of pyridine rings is 1. The molecule has 9 nitrogen and oxygen atoms in total. The molecule has 1 atom stereocenters. The van der Waals surface area contributed by atoms with Crippen LogP contribution in [0.1, 0.15) is 43.0 Å². The van der Waals surface area contributed by atoms with Crippen molar-refractivity contribution in [2.75, 3.05) is 6.61 Å². The lowest BCUT2D eigenvalue weighted by Crippen LogP contribution is -2.20. The van der Waals surface area contributed by atoms with Crippen LogP contribution in [0.4, 0.5) is 0 Å². The molecule has 1 aromatic carbocycles. The van der Waals surface area contributed by atoms with Gasteiger partial charge in [0, 0.05) is 24.5 Å². The molecule has 5 aromatic rings. The average Bonchev–Trinajstić information content (AvgIpc) is 3.39. The van der Waals surface area contributed by atoms with E-state index < -0.39 is 0 Å². The van der Waals surface area contributed by atoms with Crippen molar-refractivity contribution in [3.05, 3.63) is 83.2 Å². The van der Waals surface area contributed by atoms with Crippen LogP contribution in [0, 0.1) is 6.92 Å². The fourth-order valence-corrected chi connectivity index (χ4v) is 4.40. The van der Waals surface area contributed by atoms with Gasteiger partial charge in [-0.2, -0.15) is 0 Å². The third kappa shape index (κ3) is 3.74. The normalized spacial score (nSPS) is 14.5. The van der Waals surface area contributed by atoms with E-state index in [2.05, 4.69) is 21.1 Å². The third-order valence-electron chi connectivity index (χ3n) is 6.57. The summed E-state index contributed by atoms with van der Waals surface area (Å²) >= 11 is 0. The van der Waals surface area contributed by atoms with E-state index in [-0.39, 0.29) is 18.2 Å². The van der Waals surface area contributed by atoms with Crippen LogP contribution in [-0.4, -0.2) is 45.4 Å². The Morgan fingerprint density at radius 1 is 1.14 bits per heavy atom. The van der Waals surface area contributed by atoms with Crippen molar-refractivity contribution in [2.24, 2.45) is 0 Å². The largest absolute Gasteiger partial charge is 0.394 e. The molecule has 1 N–H and O–H groups in total. The molecule has 1 aliphatic carbocycles. The number of nitrogens with zero attached hydrogens (tertiary/aromatic N) is 7. The molecule has 6 rings (SSSR count). The number of aliphatic hydroxyl groups excluding tert-OH is 1. The molecule has 1 aliphatic rings. The number of aromatic nitrogens is 7. The minimum Gasteiger partial charge on any atom is -0.394 e. The Hall–Kier alpha value is -4.11. The van der Waals surface area contributed by atoms with Gasteiger partial charge >= 0.3 is 0 Å². The van der Waals surface area contributed by atoms with Crippen LogP contribution in [0.5, 0.6) is 0 Å². The van der Waals surface area contributed by atoms with Crippen LogP contribution in [0.3, 0.4) is 0 Å². The van der Waals surface area contributed by atoms with Gasteiger partial charge in [0.15, 0.2) is 5.82 Å². The summed E-state index contributed by atoms with van der Waals surface area (Å²) in [5, 5.41) is 10.1. The van der Waals surface area contributed by atoms with E-state index in [0.717, 1.165) is 16.9 Å². The minimum absolute atomic E-state index is 0.0160. The number of rotatable bonds is 6. The maximum atomic E-state index is 13.6. The van der Waals surface area contributed by atoms with Gasteiger partial charge < -0.3 is 14.2 Å². The molecule has 1 fully saturated rings. The Labute approximate surface area is 201 Å². The van der Waals surface area contributed by atoms with Gasteiger partial charge in [0.05, 0.1) is 41.3 Å².